The predicted octanol–water partition coefficient (Wildman–Crippen LogP) is 2.19. The number of rotatable bonds is 2. The van der Waals surface area contributed by atoms with Gasteiger partial charge in [0, 0.05) is 17.6 Å². The fourth-order valence-corrected chi connectivity index (χ4v) is 1.49. The first-order chi connectivity index (χ1) is 7.66. The maximum Gasteiger partial charge on any atom is 0.432 e. The number of nitrogens with zero attached hydrogens (tertiary/aromatic N) is 1. The molecule has 0 aliphatic heterocycles. The topological polar surface area (TPSA) is 43.3 Å². The molecule has 0 spiro atoms. The number of nitrogens with one attached hydrogen (secondary N) is 1. The lowest BCUT2D eigenvalue weighted by Gasteiger charge is -2.09. The number of fused-ring (bicyclic) bond motifs is 1. The molecule has 0 bridgehead atoms. The van der Waals surface area contributed by atoms with Crippen LogP contribution in [-0.4, -0.2) is 16.9 Å². The second-order valence-electron chi connectivity index (χ2n) is 3.88. The highest BCUT2D eigenvalue weighted by Crippen LogP contribution is 2.13. The molecule has 0 atom stereocenters. The van der Waals surface area contributed by atoms with Crippen LogP contribution in [0.3, 0.4) is 0 Å². The summed E-state index contributed by atoms with van der Waals surface area (Å²) in [5.41, 5.74) is 0.876. The minimum atomic E-state index is -0.448. The van der Waals surface area contributed by atoms with Gasteiger partial charge in [-0.2, -0.15) is 4.73 Å². The summed E-state index contributed by atoms with van der Waals surface area (Å²) < 4.78 is 1.47. The summed E-state index contributed by atoms with van der Waals surface area (Å²) >= 11 is 0. The molecule has 0 saturated heterocycles. The minimum Gasteiger partial charge on any atom is -0.317 e. The minimum absolute atomic E-state index is 0.0642. The van der Waals surface area contributed by atoms with E-state index in [9.17, 15) is 4.79 Å². The van der Waals surface area contributed by atoms with Crippen LogP contribution in [0.5, 0.6) is 0 Å². The van der Waals surface area contributed by atoms with E-state index in [-0.39, 0.29) is 6.04 Å². The second kappa shape index (κ2) is 4.26. The van der Waals surface area contributed by atoms with E-state index in [1.54, 1.807) is 6.20 Å². The molecule has 16 heavy (non-hydrogen) atoms. The van der Waals surface area contributed by atoms with Crippen LogP contribution in [0.1, 0.15) is 13.8 Å². The Morgan fingerprint density at radius 2 is 2.06 bits per heavy atom. The molecule has 1 aromatic heterocycles. The van der Waals surface area contributed by atoms with Crippen molar-refractivity contribution in [3.05, 3.63) is 36.5 Å². The molecule has 4 nitrogen and oxygen atoms in total. The molecular formula is C12H14N2O2. The largest absolute Gasteiger partial charge is 0.432 e. The van der Waals surface area contributed by atoms with Crippen molar-refractivity contribution in [2.24, 2.45) is 0 Å². The smallest absolute Gasteiger partial charge is 0.317 e. The molecule has 0 aliphatic rings. The first kappa shape index (κ1) is 10.5. The molecule has 0 radical (unpaired) electrons. The molecule has 2 aromatic rings. The zero-order chi connectivity index (χ0) is 11.5. The lowest BCUT2D eigenvalue weighted by atomic mass is 10.3. The van der Waals surface area contributed by atoms with Gasteiger partial charge >= 0.3 is 6.09 Å². The maximum absolute atomic E-state index is 11.4. The molecule has 1 heterocycles. The van der Waals surface area contributed by atoms with Crippen LogP contribution in [-0.2, 0) is 0 Å². The van der Waals surface area contributed by atoms with Crippen LogP contribution in [0.2, 0.25) is 0 Å². The Balaban J connectivity index is 2.18. The summed E-state index contributed by atoms with van der Waals surface area (Å²) in [6.07, 6.45) is 1.28. The zero-order valence-electron chi connectivity index (χ0n) is 9.31. The Morgan fingerprint density at radius 3 is 2.81 bits per heavy atom. The highest BCUT2D eigenvalue weighted by atomic mass is 16.7. The first-order valence-corrected chi connectivity index (χ1v) is 5.22. The number of hydrogen-bond donors (Lipinski definition) is 1. The van der Waals surface area contributed by atoms with Gasteiger partial charge in [-0.3, -0.25) is 0 Å². The third-order valence-electron chi connectivity index (χ3n) is 2.15. The Kier molecular flexibility index (Phi) is 2.81. The number of hydrogen-bond acceptors (Lipinski definition) is 2. The Morgan fingerprint density at radius 1 is 1.31 bits per heavy atom. The van der Waals surface area contributed by atoms with Crippen molar-refractivity contribution in [2.45, 2.75) is 19.9 Å². The van der Waals surface area contributed by atoms with Gasteiger partial charge in [0.1, 0.15) is 0 Å². The number of carbonyl (C=O) groups is 1. The van der Waals surface area contributed by atoms with Crippen LogP contribution >= 0.6 is 0 Å². The number of amides is 1. The second-order valence-corrected chi connectivity index (χ2v) is 3.88. The zero-order valence-corrected chi connectivity index (χ0v) is 9.31. The number of para-hydroxylation sites is 1. The molecule has 1 N–H and O–H groups in total. The van der Waals surface area contributed by atoms with E-state index in [1.807, 2.05) is 44.2 Å². The molecule has 0 aliphatic carbocycles. The Labute approximate surface area is 93.8 Å². The quantitative estimate of drug-likeness (QED) is 0.839. The lowest BCUT2D eigenvalue weighted by Crippen LogP contribution is -2.36. The predicted molar refractivity (Wildman–Crippen MR) is 62.2 cm³/mol. The molecule has 1 amide bonds. The molecule has 2 rings (SSSR count). The molecular weight excluding hydrogens is 204 g/mol. The maximum atomic E-state index is 11.4. The van der Waals surface area contributed by atoms with E-state index in [2.05, 4.69) is 5.32 Å². The van der Waals surface area contributed by atoms with Crippen LogP contribution in [0, 0.1) is 0 Å². The van der Waals surface area contributed by atoms with E-state index in [0.717, 1.165) is 10.9 Å². The van der Waals surface area contributed by atoms with Crippen molar-refractivity contribution >= 4 is 17.0 Å². The highest BCUT2D eigenvalue weighted by Gasteiger charge is 2.07. The van der Waals surface area contributed by atoms with Crippen LogP contribution < -0.4 is 10.2 Å². The van der Waals surface area contributed by atoms with Gasteiger partial charge < -0.3 is 10.2 Å². The summed E-state index contributed by atoms with van der Waals surface area (Å²) in [7, 11) is 0. The first-order valence-electron chi connectivity index (χ1n) is 5.22. The van der Waals surface area contributed by atoms with E-state index in [4.69, 9.17) is 4.84 Å². The van der Waals surface area contributed by atoms with Crippen molar-refractivity contribution in [1.29, 1.82) is 0 Å². The van der Waals surface area contributed by atoms with E-state index >= 15 is 0 Å². The Hall–Kier alpha value is -1.97. The monoisotopic (exact) mass is 218 g/mol. The van der Waals surface area contributed by atoms with Crippen molar-refractivity contribution < 1.29 is 9.63 Å². The summed E-state index contributed by atoms with van der Waals surface area (Å²) in [5, 5.41) is 3.71. The molecule has 0 fully saturated rings. The van der Waals surface area contributed by atoms with Gasteiger partial charge in [0.15, 0.2) is 0 Å². The third-order valence-corrected chi connectivity index (χ3v) is 2.15. The van der Waals surface area contributed by atoms with Gasteiger partial charge in [-0.1, -0.05) is 18.2 Å². The van der Waals surface area contributed by atoms with E-state index in [1.165, 1.54) is 4.73 Å². The van der Waals surface area contributed by atoms with Crippen molar-refractivity contribution in [3.8, 4) is 0 Å². The summed E-state index contributed by atoms with van der Waals surface area (Å²) in [5.74, 6) is 0. The number of benzene rings is 1. The van der Waals surface area contributed by atoms with Gasteiger partial charge in [0.2, 0.25) is 0 Å². The summed E-state index contributed by atoms with van der Waals surface area (Å²) in [4.78, 5) is 16.6. The van der Waals surface area contributed by atoms with Gasteiger partial charge in [-0.05, 0) is 26.0 Å². The van der Waals surface area contributed by atoms with Gasteiger partial charge in [-0.25, -0.2) is 4.79 Å². The average Bonchev–Trinajstić information content (AvgIpc) is 2.61. The fraction of sp³-hybridized carbons (Fsp3) is 0.250. The average molecular weight is 218 g/mol. The van der Waals surface area contributed by atoms with Gasteiger partial charge in [0.25, 0.3) is 0 Å². The Bertz CT molecular complexity index is 502. The van der Waals surface area contributed by atoms with Crippen LogP contribution in [0.25, 0.3) is 10.9 Å². The van der Waals surface area contributed by atoms with Crippen molar-refractivity contribution in [1.82, 2.24) is 10.0 Å². The molecule has 84 valence electrons. The molecule has 0 unspecified atom stereocenters. The highest BCUT2D eigenvalue weighted by molar-refractivity contribution is 5.80. The summed E-state index contributed by atoms with van der Waals surface area (Å²) in [6.45, 7) is 3.77. The summed E-state index contributed by atoms with van der Waals surface area (Å²) in [6, 6.07) is 9.68. The van der Waals surface area contributed by atoms with Gasteiger partial charge in [0.05, 0.1) is 5.52 Å². The van der Waals surface area contributed by atoms with E-state index in [0.29, 0.717) is 0 Å². The van der Waals surface area contributed by atoms with Crippen LogP contribution in [0.15, 0.2) is 36.5 Å². The molecule has 1 aromatic carbocycles. The standard InChI is InChI=1S/C12H14N2O2/c1-9(2)13-12(15)16-14-8-7-10-5-3-4-6-11(10)14/h3-9H,1-2H3,(H,13,15). The fourth-order valence-electron chi connectivity index (χ4n) is 1.49. The normalized spacial score (nSPS) is 10.7. The van der Waals surface area contributed by atoms with Crippen LogP contribution in [0.4, 0.5) is 4.79 Å². The van der Waals surface area contributed by atoms with E-state index < -0.39 is 6.09 Å². The number of aromatic nitrogens is 1. The third kappa shape index (κ3) is 2.16. The SMILES string of the molecule is CC(C)NC(=O)On1ccc2ccccc21. The van der Waals surface area contributed by atoms with Crippen molar-refractivity contribution in [2.75, 3.05) is 0 Å². The van der Waals surface area contributed by atoms with Gasteiger partial charge in [-0.15, -0.1) is 0 Å². The lowest BCUT2D eigenvalue weighted by molar-refractivity contribution is 0.136. The number of carbonyl (C=O) groups excluding carboxylic acids is 1. The molecule has 0 saturated carbocycles. The molecule has 4 heteroatoms. The van der Waals surface area contributed by atoms with Crippen molar-refractivity contribution in [3.63, 3.8) is 0 Å².